The number of aromatic hydroxyl groups is 1. The number of aryl methyl sites for hydroxylation is 1. The minimum atomic E-state index is -0.918. The number of phenolic OH excluding ortho intramolecular Hbond substituents is 1. The fourth-order valence-electron chi connectivity index (χ4n) is 2.41. The molecule has 0 aliphatic rings. The SMILES string of the molecule is CO[C@H](/C=C/C(=O)NO)[C@H](OC(=O)Nc1ccc(C)cc1)c1ccc(O)cc1. The van der Waals surface area contributed by atoms with Crippen LogP contribution in [0, 0.1) is 6.92 Å². The van der Waals surface area contributed by atoms with Gasteiger partial charge >= 0.3 is 6.09 Å². The topological polar surface area (TPSA) is 117 Å². The summed E-state index contributed by atoms with van der Waals surface area (Å²) in [6.45, 7) is 1.93. The molecule has 0 aromatic heterocycles. The van der Waals surface area contributed by atoms with Crippen LogP contribution in [0.15, 0.2) is 60.7 Å². The number of nitrogens with one attached hydrogen (secondary N) is 2. The third-order valence-corrected chi connectivity index (χ3v) is 3.87. The molecular formula is C20H22N2O6. The van der Waals surface area contributed by atoms with E-state index in [1.54, 1.807) is 24.3 Å². The molecule has 0 saturated carbocycles. The first-order valence-electron chi connectivity index (χ1n) is 8.41. The lowest BCUT2D eigenvalue weighted by atomic mass is 10.0. The maximum Gasteiger partial charge on any atom is 0.412 e. The molecule has 0 radical (unpaired) electrons. The van der Waals surface area contributed by atoms with E-state index in [0.29, 0.717) is 11.3 Å². The second-order valence-corrected chi connectivity index (χ2v) is 5.94. The van der Waals surface area contributed by atoms with Crippen molar-refractivity contribution in [1.82, 2.24) is 5.48 Å². The van der Waals surface area contributed by atoms with Crippen LogP contribution in [0.3, 0.4) is 0 Å². The molecule has 0 fully saturated rings. The minimum absolute atomic E-state index is 0.0516. The lowest BCUT2D eigenvalue weighted by Crippen LogP contribution is -2.27. The largest absolute Gasteiger partial charge is 0.508 e. The van der Waals surface area contributed by atoms with Crippen molar-refractivity contribution in [3.63, 3.8) is 0 Å². The van der Waals surface area contributed by atoms with Gasteiger partial charge in [-0.3, -0.25) is 15.3 Å². The summed E-state index contributed by atoms with van der Waals surface area (Å²) in [6.07, 6.45) is -0.0567. The molecule has 2 aromatic rings. The van der Waals surface area contributed by atoms with Gasteiger partial charge < -0.3 is 14.6 Å². The molecule has 0 saturated heterocycles. The zero-order valence-corrected chi connectivity index (χ0v) is 15.5. The van der Waals surface area contributed by atoms with Crippen LogP contribution >= 0.6 is 0 Å². The Morgan fingerprint density at radius 3 is 2.29 bits per heavy atom. The van der Waals surface area contributed by atoms with E-state index in [-0.39, 0.29) is 5.75 Å². The molecular weight excluding hydrogens is 364 g/mol. The smallest absolute Gasteiger partial charge is 0.412 e. The van der Waals surface area contributed by atoms with Gasteiger partial charge in [0.05, 0.1) is 0 Å². The molecule has 0 heterocycles. The summed E-state index contributed by atoms with van der Waals surface area (Å²) in [4.78, 5) is 23.7. The number of methoxy groups -OCH3 is 1. The van der Waals surface area contributed by atoms with Crippen LogP contribution in [0.2, 0.25) is 0 Å². The minimum Gasteiger partial charge on any atom is -0.508 e. The molecule has 148 valence electrons. The quantitative estimate of drug-likeness (QED) is 0.330. The van der Waals surface area contributed by atoms with Crippen LogP contribution in [-0.4, -0.2) is 35.5 Å². The molecule has 0 spiro atoms. The molecule has 0 bridgehead atoms. The summed E-state index contributed by atoms with van der Waals surface area (Å²) >= 11 is 0. The molecule has 8 heteroatoms. The Morgan fingerprint density at radius 1 is 1.07 bits per heavy atom. The molecule has 2 aromatic carbocycles. The fourth-order valence-corrected chi connectivity index (χ4v) is 2.41. The van der Waals surface area contributed by atoms with Gasteiger partial charge in [-0.2, -0.15) is 0 Å². The van der Waals surface area contributed by atoms with Crippen LogP contribution < -0.4 is 10.8 Å². The van der Waals surface area contributed by atoms with E-state index in [4.69, 9.17) is 14.7 Å². The third-order valence-electron chi connectivity index (χ3n) is 3.87. The summed E-state index contributed by atoms with van der Waals surface area (Å²) in [6, 6.07) is 13.2. The van der Waals surface area contributed by atoms with Crippen LogP contribution in [0.1, 0.15) is 17.2 Å². The summed E-state index contributed by atoms with van der Waals surface area (Å²) < 4.78 is 10.9. The first-order valence-corrected chi connectivity index (χ1v) is 8.41. The van der Waals surface area contributed by atoms with Crippen molar-refractivity contribution in [1.29, 1.82) is 0 Å². The number of ether oxygens (including phenoxy) is 2. The van der Waals surface area contributed by atoms with Crippen molar-refractivity contribution in [2.24, 2.45) is 0 Å². The Labute approximate surface area is 162 Å². The molecule has 2 rings (SSSR count). The molecule has 28 heavy (non-hydrogen) atoms. The molecule has 0 aliphatic heterocycles. The Kier molecular flexibility index (Phi) is 7.55. The second kappa shape index (κ2) is 10.1. The van der Waals surface area contributed by atoms with Crippen LogP contribution in [0.25, 0.3) is 0 Å². The van der Waals surface area contributed by atoms with E-state index in [1.165, 1.54) is 30.8 Å². The Morgan fingerprint density at radius 2 is 1.71 bits per heavy atom. The number of hydroxylamine groups is 1. The highest BCUT2D eigenvalue weighted by Crippen LogP contribution is 2.27. The maximum atomic E-state index is 12.4. The monoisotopic (exact) mass is 386 g/mol. The number of phenols is 1. The average Bonchev–Trinajstić information content (AvgIpc) is 2.69. The van der Waals surface area contributed by atoms with Gasteiger partial charge in [0.25, 0.3) is 5.91 Å². The van der Waals surface area contributed by atoms with E-state index < -0.39 is 24.2 Å². The van der Waals surface area contributed by atoms with Gasteiger partial charge in [0.15, 0.2) is 6.10 Å². The van der Waals surface area contributed by atoms with Gasteiger partial charge in [-0.25, -0.2) is 10.3 Å². The zero-order valence-electron chi connectivity index (χ0n) is 15.5. The molecule has 2 amide bonds. The molecule has 8 nitrogen and oxygen atoms in total. The van der Waals surface area contributed by atoms with E-state index in [0.717, 1.165) is 11.6 Å². The van der Waals surface area contributed by atoms with Crippen molar-refractivity contribution >= 4 is 17.7 Å². The van der Waals surface area contributed by atoms with Crippen LogP contribution in [0.4, 0.5) is 10.5 Å². The number of amides is 2. The lowest BCUT2D eigenvalue weighted by Gasteiger charge is -2.24. The van der Waals surface area contributed by atoms with Crippen LogP contribution in [-0.2, 0) is 14.3 Å². The molecule has 4 N–H and O–H groups in total. The number of hydrogen-bond acceptors (Lipinski definition) is 6. The van der Waals surface area contributed by atoms with Gasteiger partial charge in [-0.1, -0.05) is 29.8 Å². The molecule has 0 aliphatic carbocycles. The van der Waals surface area contributed by atoms with E-state index in [1.807, 2.05) is 19.1 Å². The number of carbonyl (C=O) groups excluding carboxylic acids is 2. The highest BCUT2D eigenvalue weighted by Gasteiger charge is 2.26. The standard InChI is InChI=1S/C20H22N2O6/c1-13-3-7-15(8-4-13)21-20(25)28-19(14-5-9-16(23)10-6-14)17(27-2)11-12-18(24)22-26/h3-12,17,19,23,26H,1-2H3,(H,21,25)(H,22,24)/b12-11+/t17-,19-/m1/s1. The summed E-state index contributed by atoms with van der Waals surface area (Å²) in [7, 11) is 1.39. The number of hydrogen-bond donors (Lipinski definition) is 4. The average molecular weight is 386 g/mol. The molecule has 2 atom stereocenters. The van der Waals surface area contributed by atoms with Crippen LogP contribution in [0.5, 0.6) is 5.75 Å². The second-order valence-electron chi connectivity index (χ2n) is 5.94. The predicted octanol–water partition coefficient (Wildman–Crippen LogP) is 3.07. The van der Waals surface area contributed by atoms with Gasteiger partial charge in [0, 0.05) is 18.9 Å². The normalized spacial score (nSPS) is 13.0. The molecule has 0 unspecified atom stereocenters. The number of anilines is 1. The Hall–Kier alpha value is -3.36. The van der Waals surface area contributed by atoms with Gasteiger partial charge in [-0.05, 0) is 42.8 Å². The van der Waals surface area contributed by atoms with E-state index in [9.17, 15) is 14.7 Å². The first kappa shape index (κ1) is 20.9. The highest BCUT2D eigenvalue weighted by atomic mass is 16.6. The van der Waals surface area contributed by atoms with Crippen molar-refractivity contribution in [2.45, 2.75) is 19.1 Å². The van der Waals surface area contributed by atoms with E-state index in [2.05, 4.69) is 5.32 Å². The van der Waals surface area contributed by atoms with Gasteiger partial charge in [-0.15, -0.1) is 0 Å². The maximum absolute atomic E-state index is 12.4. The summed E-state index contributed by atoms with van der Waals surface area (Å²) in [5, 5.41) is 20.7. The number of rotatable bonds is 7. The summed E-state index contributed by atoms with van der Waals surface area (Å²) in [5.74, 6) is -0.702. The predicted molar refractivity (Wildman–Crippen MR) is 102 cm³/mol. The lowest BCUT2D eigenvalue weighted by molar-refractivity contribution is -0.124. The number of benzene rings is 2. The zero-order chi connectivity index (χ0) is 20.5. The Balaban J connectivity index is 2.22. The Bertz CT molecular complexity index is 818. The third kappa shape index (κ3) is 6.11. The van der Waals surface area contributed by atoms with Crippen molar-refractivity contribution in [3.8, 4) is 5.75 Å². The van der Waals surface area contributed by atoms with Gasteiger partial charge in [0.2, 0.25) is 0 Å². The number of carbonyl (C=O) groups is 2. The van der Waals surface area contributed by atoms with Gasteiger partial charge in [0.1, 0.15) is 11.9 Å². The van der Waals surface area contributed by atoms with E-state index >= 15 is 0 Å². The first-order chi connectivity index (χ1) is 13.4. The van der Waals surface area contributed by atoms with Crippen molar-refractivity contribution in [3.05, 3.63) is 71.8 Å². The highest BCUT2D eigenvalue weighted by molar-refractivity contribution is 5.86. The fraction of sp³-hybridized carbons (Fsp3) is 0.200. The van der Waals surface area contributed by atoms with Crippen molar-refractivity contribution in [2.75, 3.05) is 12.4 Å². The van der Waals surface area contributed by atoms with Crippen molar-refractivity contribution < 1.29 is 29.4 Å². The summed E-state index contributed by atoms with van der Waals surface area (Å²) in [5.41, 5.74) is 3.62.